The molecule has 1 aromatic carbocycles. The molecule has 0 amide bonds. The molecule has 1 aliphatic heterocycles. The summed E-state index contributed by atoms with van der Waals surface area (Å²) in [5, 5.41) is 3.30. The molecule has 1 N–H and O–H groups in total. The number of hydrogen-bond acceptors (Lipinski definition) is 8. The Morgan fingerprint density at radius 3 is 2.47 bits per heavy atom. The lowest BCUT2D eigenvalue weighted by Gasteiger charge is -2.39. The summed E-state index contributed by atoms with van der Waals surface area (Å²) in [6.07, 6.45) is 1.08. The Bertz CT molecular complexity index is 1050. The van der Waals surface area contributed by atoms with Gasteiger partial charge in [0.05, 0.1) is 25.9 Å². The fraction of sp³-hybridized carbons (Fsp3) is 0.500. The van der Waals surface area contributed by atoms with E-state index in [9.17, 15) is 14.4 Å². The van der Waals surface area contributed by atoms with Crippen molar-refractivity contribution in [2.75, 3.05) is 26.9 Å². The van der Waals surface area contributed by atoms with Crippen molar-refractivity contribution in [2.24, 2.45) is 5.41 Å². The van der Waals surface area contributed by atoms with Gasteiger partial charge < -0.3 is 24.3 Å². The standard InChI is InChI=1S/C26H33NO7/c1-7-32-20-11-16(9-10-19(20)34-14-21(29)33-8-2)23-22(25(30)31-6)15(3)27-17-12-26(4,5)13-18(28)24(17)23/h9-11,23,27H,7-8,12-14H2,1-6H3/t23-/m1/s1. The van der Waals surface area contributed by atoms with Crippen molar-refractivity contribution in [1.82, 2.24) is 5.32 Å². The number of carbonyl (C=O) groups excluding carboxylic acids is 3. The number of nitrogens with one attached hydrogen (secondary N) is 1. The summed E-state index contributed by atoms with van der Waals surface area (Å²) in [4.78, 5) is 37.9. The number of hydrogen-bond donors (Lipinski definition) is 1. The van der Waals surface area contributed by atoms with E-state index >= 15 is 0 Å². The lowest BCUT2D eigenvalue weighted by Crippen LogP contribution is -2.38. The summed E-state index contributed by atoms with van der Waals surface area (Å²) in [6, 6.07) is 5.23. The molecule has 184 valence electrons. The van der Waals surface area contributed by atoms with Crippen LogP contribution >= 0.6 is 0 Å². The van der Waals surface area contributed by atoms with E-state index in [1.54, 1.807) is 25.1 Å². The minimum atomic E-state index is -0.606. The Kier molecular flexibility index (Phi) is 7.69. The van der Waals surface area contributed by atoms with Crippen LogP contribution in [0.5, 0.6) is 11.5 Å². The van der Waals surface area contributed by atoms with Crippen LogP contribution in [0, 0.1) is 5.41 Å². The second-order valence-electron chi connectivity index (χ2n) is 9.15. The van der Waals surface area contributed by atoms with Crippen molar-refractivity contribution >= 4 is 17.7 Å². The molecule has 0 unspecified atom stereocenters. The number of allylic oxidation sites excluding steroid dienone is 3. The van der Waals surface area contributed by atoms with Gasteiger partial charge in [-0.05, 0) is 50.3 Å². The average Bonchev–Trinajstić information content (AvgIpc) is 2.76. The highest BCUT2D eigenvalue weighted by atomic mass is 16.6. The van der Waals surface area contributed by atoms with Crippen LogP contribution in [0.25, 0.3) is 0 Å². The van der Waals surface area contributed by atoms with E-state index in [0.29, 0.717) is 53.4 Å². The second-order valence-corrected chi connectivity index (χ2v) is 9.15. The van der Waals surface area contributed by atoms with Crippen LogP contribution in [0.3, 0.4) is 0 Å². The van der Waals surface area contributed by atoms with E-state index < -0.39 is 17.9 Å². The number of carbonyl (C=O) groups is 3. The molecule has 0 bridgehead atoms. The molecule has 0 saturated heterocycles. The first-order valence-electron chi connectivity index (χ1n) is 11.5. The van der Waals surface area contributed by atoms with Gasteiger partial charge in [-0.15, -0.1) is 0 Å². The first-order valence-corrected chi connectivity index (χ1v) is 11.5. The van der Waals surface area contributed by atoms with Gasteiger partial charge in [-0.3, -0.25) is 4.79 Å². The molecule has 0 radical (unpaired) electrons. The normalized spacial score (nSPS) is 19.2. The zero-order valence-corrected chi connectivity index (χ0v) is 20.7. The molecule has 2 aliphatic rings. The molecule has 1 heterocycles. The minimum absolute atomic E-state index is 0.00162. The monoisotopic (exact) mass is 471 g/mol. The fourth-order valence-corrected chi connectivity index (χ4v) is 4.58. The lowest BCUT2D eigenvalue weighted by molar-refractivity contribution is -0.145. The number of ketones is 1. The maximum Gasteiger partial charge on any atom is 0.344 e. The van der Waals surface area contributed by atoms with Crippen molar-refractivity contribution in [3.63, 3.8) is 0 Å². The third-order valence-electron chi connectivity index (χ3n) is 5.90. The Morgan fingerprint density at radius 1 is 1.09 bits per heavy atom. The quantitative estimate of drug-likeness (QED) is 0.572. The maximum absolute atomic E-state index is 13.3. The molecule has 0 saturated carbocycles. The zero-order valence-electron chi connectivity index (χ0n) is 20.7. The lowest BCUT2D eigenvalue weighted by atomic mass is 9.68. The maximum atomic E-state index is 13.3. The topological polar surface area (TPSA) is 100 Å². The summed E-state index contributed by atoms with van der Waals surface area (Å²) in [7, 11) is 1.33. The number of methoxy groups -OCH3 is 1. The van der Waals surface area contributed by atoms with E-state index in [0.717, 1.165) is 5.70 Å². The first-order chi connectivity index (χ1) is 16.1. The van der Waals surface area contributed by atoms with Gasteiger partial charge in [0.2, 0.25) is 0 Å². The largest absolute Gasteiger partial charge is 0.490 e. The average molecular weight is 472 g/mol. The van der Waals surface area contributed by atoms with Crippen LogP contribution in [-0.2, 0) is 23.9 Å². The predicted molar refractivity (Wildman–Crippen MR) is 125 cm³/mol. The second kappa shape index (κ2) is 10.3. The Labute approximate surface area is 200 Å². The van der Waals surface area contributed by atoms with E-state index in [1.807, 2.05) is 13.8 Å². The number of Topliss-reactive ketones (excluding diaryl/α,β-unsaturated/α-hetero) is 1. The van der Waals surface area contributed by atoms with Gasteiger partial charge in [0.25, 0.3) is 0 Å². The highest BCUT2D eigenvalue weighted by Crippen LogP contribution is 2.47. The molecular weight excluding hydrogens is 438 g/mol. The highest BCUT2D eigenvalue weighted by Gasteiger charge is 2.43. The van der Waals surface area contributed by atoms with E-state index in [4.69, 9.17) is 18.9 Å². The number of rotatable bonds is 8. The van der Waals surface area contributed by atoms with Crippen LogP contribution in [0.2, 0.25) is 0 Å². The molecule has 34 heavy (non-hydrogen) atoms. The molecule has 1 atom stereocenters. The Morgan fingerprint density at radius 2 is 1.82 bits per heavy atom. The van der Waals surface area contributed by atoms with E-state index in [2.05, 4.69) is 19.2 Å². The summed E-state index contributed by atoms with van der Waals surface area (Å²) < 4.78 is 21.4. The smallest absolute Gasteiger partial charge is 0.344 e. The Hall–Kier alpha value is -3.29. The summed E-state index contributed by atoms with van der Waals surface area (Å²) >= 11 is 0. The minimum Gasteiger partial charge on any atom is -0.490 e. The molecule has 1 aromatic rings. The van der Waals surface area contributed by atoms with Crippen molar-refractivity contribution in [3.05, 3.63) is 46.3 Å². The molecule has 0 aromatic heterocycles. The summed E-state index contributed by atoms with van der Waals surface area (Å²) in [6.45, 7) is 9.87. The number of dihydropyridines is 1. The molecular formula is C26H33NO7. The summed E-state index contributed by atoms with van der Waals surface area (Å²) in [5.74, 6) is -0.804. The van der Waals surface area contributed by atoms with Gasteiger partial charge in [0, 0.05) is 29.3 Å². The molecule has 0 spiro atoms. The SMILES string of the molecule is CCOC(=O)COc1ccc([C@@H]2C(C(=O)OC)=C(C)NC3=C2C(=O)CC(C)(C)C3)cc1OCC. The molecule has 3 rings (SSSR count). The van der Waals surface area contributed by atoms with Gasteiger partial charge in [-0.1, -0.05) is 19.9 Å². The number of esters is 2. The molecule has 8 heteroatoms. The van der Waals surface area contributed by atoms with Crippen LogP contribution in [0.1, 0.15) is 58.9 Å². The van der Waals surface area contributed by atoms with Gasteiger partial charge in [0.15, 0.2) is 23.9 Å². The van der Waals surface area contributed by atoms with Crippen LogP contribution in [0.4, 0.5) is 0 Å². The Balaban J connectivity index is 2.08. The predicted octanol–water partition coefficient (Wildman–Crippen LogP) is 3.80. The van der Waals surface area contributed by atoms with Crippen molar-refractivity contribution < 1.29 is 33.3 Å². The van der Waals surface area contributed by atoms with Crippen LogP contribution in [0.15, 0.2) is 40.7 Å². The van der Waals surface area contributed by atoms with E-state index in [-0.39, 0.29) is 24.4 Å². The molecule has 0 fully saturated rings. The van der Waals surface area contributed by atoms with Crippen molar-refractivity contribution in [1.29, 1.82) is 0 Å². The van der Waals surface area contributed by atoms with Gasteiger partial charge >= 0.3 is 11.9 Å². The highest BCUT2D eigenvalue weighted by molar-refractivity contribution is 6.04. The summed E-state index contributed by atoms with van der Waals surface area (Å²) in [5.41, 5.74) is 2.97. The first kappa shape index (κ1) is 25.3. The van der Waals surface area contributed by atoms with Crippen molar-refractivity contribution in [2.45, 2.75) is 53.4 Å². The van der Waals surface area contributed by atoms with Crippen LogP contribution in [-0.4, -0.2) is 44.7 Å². The number of benzene rings is 1. The zero-order chi connectivity index (χ0) is 25.0. The van der Waals surface area contributed by atoms with Gasteiger partial charge in [0.1, 0.15) is 0 Å². The molecule has 1 aliphatic carbocycles. The van der Waals surface area contributed by atoms with Crippen molar-refractivity contribution in [3.8, 4) is 11.5 Å². The fourth-order valence-electron chi connectivity index (χ4n) is 4.58. The third kappa shape index (κ3) is 5.26. The van der Waals surface area contributed by atoms with Gasteiger partial charge in [-0.2, -0.15) is 0 Å². The van der Waals surface area contributed by atoms with Gasteiger partial charge in [-0.25, -0.2) is 9.59 Å². The third-order valence-corrected chi connectivity index (χ3v) is 5.90. The number of ether oxygens (including phenoxy) is 4. The van der Waals surface area contributed by atoms with Crippen LogP contribution < -0.4 is 14.8 Å². The molecule has 8 nitrogen and oxygen atoms in total. The van der Waals surface area contributed by atoms with E-state index in [1.165, 1.54) is 7.11 Å².